The molecule has 0 unspecified atom stereocenters. The van der Waals surface area contributed by atoms with E-state index in [2.05, 4.69) is 0 Å². The van der Waals surface area contributed by atoms with Crippen LogP contribution in [0.3, 0.4) is 0 Å². The molecule has 0 aliphatic carbocycles. The number of halogens is 3. The van der Waals surface area contributed by atoms with E-state index in [4.69, 9.17) is 7.85 Å². The van der Waals surface area contributed by atoms with Crippen LogP contribution in [0.5, 0.6) is 0 Å². The molecule has 0 aromatic heterocycles. The maximum absolute atomic E-state index is 13.5. The van der Waals surface area contributed by atoms with Gasteiger partial charge in [0.25, 0.3) is 0 Å². The van der Waals surface area contributed by atoms with E-state index < -0.39 is 17.5 Å². The summed E-state index contributed by atoms with van der Waals surface area (Å²) in [4.78, 5) is 0. The zero-order valence-electron chi connectivity index (χ0n) is 8.18. The molecule has 2 rings (SSSR count). The van der Waals surface area contributed by atoms with Gasteiger partial charge in [-0.3, -0.25) is 0 Å². The average Bonchev–Trinajstić information content (AvgIpc) is 2.15. The molecule has 0 heterocycles. The average molecular weight is 218 g/mol. The van der Waals surface area contributed by atoms with Gasteiger partial charge in [-0.25, -0.2) is 13.2 Å². The van der Waals surface area contributed by atoms with E-state index in [1.807, 2.05) is 0 Å². The molecule has 4 heteroatoms. The van der Waals surface area contributed by atoms with Gasteiger partial charge < -0.3 is 0 Å². The van der Waals surface area contributed by atoms with Crippen molar-refractivity contribution in [2.75, 3.05) is 0 Å². The Kier molecular flexibility index (Phi) is 2.73. The summed E-state index contributed by atoms with van der Waals surface area (Å²) in [7, 11) is 5.38. The molecule has 0 aliphatic heterocycles. The van der Waals surface area contributed by atoms with Crippen molar-refractivity contribution in [3.8, 4) is 11.1 Å². The molecule has 16 heavy (non-hydrogen) atoms. The van der Waals surface area contributed by atoms with Gasteiger partial charge in [0.15, 0.2) is 0 Å². The SMILES string of the molecule is [B]c1ccc(-c2cc(F)cc(F)c2)c(F)c1. The molecular weight excluding hydrogens is 212 g/mol. The molecule has 0 atom stereocenters. The lowest BCUT2D eigenvalue weighted by Crippen LogP contribution is -2.02. The molecule has 2 radical (unpaired) electrons. The van der Waals surface area contributed by atoms with Crippen LogP contribution in [0, 0.1) is 17.5 Å². The third kappa shape index (κ3) is 2.11. The second kappa shape index (κ2) is 4.04. The van der Waals surface area contributed by atoms with Crippen LogP contribution in [-0.4, -0.2) is 7.85 Å². The van der Waals surface area contributed by atoms with Crippen molar-refractivity contribution in [1.29, 1.82) is 0 Å². The topological polar surface area (TPSA) is 0 Å². The van der Waals surface area contributed by atoms with Crippen molar-refractivity contribution < 1.29 is 13.2 Å². The maximum atomic E-state index is 13.5. The summed E-state index contributed by atoms with van der Waals surface area (Å²) in [6.07, 6.45) is 0. The Morgan fingerprint density at radius 1 is 0.812 bits per heavy atom. The van der Waals surface area contributed by atoms with Crippen LogP contribution in [0.15, 0.2) is 36.4 Å². The van der Waals surface area contributed by atoms with Crippen LogP contribution in [0.4, 0.5) is 13.2 Å². The van der Waals surface area contributed by atoms with Gasteiger partial charge in [0.05, 0.1) is 0 Å². The summed E-state index contributed by atoms with van der Waals surface area (Å²) in [6.45, 7) is 0. The molecule has 0 saturated heterocycles. The monoisotopic (exact) mass is 218 g/mol. The number of benzene rings is 2. The molecule has 78 valence electrons. The predicted octanol–water partition coefficient (Wildman–Crippen LogP) is 2.56. The zero-order chi connectivity index (χ0) is 11.7. The second-order valence-electron chi connectivity index (χ2n) is 3.40. The van der Waals surface area contributed by atoms with Crippen molar-refractivity contribution in [1.82, 2.24) is 0 Å². The molecule has 0 N–H and O–H groups in total. The van der Waals surface area contributed by atoms with E-state index in [-0.39, 0.29) is 16.6 Å². The number of rotatable bonds is 1. The summed E-state index contributed by atoms with van der Waals surface area (Å²) >= 11 is 0. The van der Waals surface area contributed by atoms with Crippen LogP contribution < -0.4 is 5.46 Å². The molecular formula is C12H6BF3. The number of hydrogen-bond acceptors (Lipinski definition) is 0. The van der Waals surface area contributed by atoms with Crippen molar-refractivity contribution in [2.45, 2.75) is 0 Å². The molecule has 0 nitrogen and oxygen atoms in total. The van der Waals surface area contributed by atoms with Gasteiger partial charge in [-0.2, -0.15) is 0 Å². The third-order valence-corrected chi connectivity index (χ3v) is 2.17. The Balaban J connectivity index is 2.58. The molecule has 2 aromatic carbocycles. The first-order chi connectivity index (χ1) is 7.56. The normalized spacial score (nSPS) is 10.4. The Morgan fingerprint density at radius 3 is 2.00 bits per heavy atom. The highest BCUT2D eigenvalue weighted by Gasteiger charge is 2.07. The second-order valence-corrected chi connectivity index (χ2v) is 3.40. The van der Waals surface area contributed by atoms with E-state index in [1.165, 1.54) is 12.1 Å². The molecule has 0 bridgehead atoms. The van der Waals surface area contributed by atoms with Gasteiger partial charge in [0.2, 0.25) is 0 Å². The van der Waals surface area contributed by atoms with E-state index in [9.17, 15) is 13.2 Å². The van der Waals surface area contributed by atoms with Gasteiger partial charge in [0, 0.05) is 11.6 Å². The van der Waals surface area contributed by atoms with Crippen molar-refractivity contribution in [2.24, 2.45) is 0 Å². The van der Waals surface area contributed by atoms with E-state index in [0.29, 0.717) is 0 Å². The fourth-order valence-corrected chi connectivity index (χ4v) is 1.47. The minimum absolute atomic E-state index is 0.118. The van der Waals surface area contributed by atoms with Crippen molar-refractivity contribution >= 4 is 13.3 Å². The van der Waals surface area contributed by atoms with Gasteiger partial charge >= 0.3 is 0 Å². The summed E-state index contributed by atoms with van der Waals surface area (Å²) in [5, 5.41) is 0. The molecule has 0 saturated carbocycles. The fraction of sp³-hybridized carbons (Fsp3) is 0. The van der Waals surface area contributed by atoms with E-state index in [1.54, 1.807) is 0 Å². The van der Waals surface area contributed by atoms with Gasteiger partial charge in [0.1, 0.15) is 25.3 Å². The summed E-state index contributed by atoms with van der Waals surface area (Å²) < 4.78 is 39.3. The molecule has 0 amide bonds. The van der Waals surface area contributed by atoms with Crippen LogP contribution in [-0.2, 0) is 0 Å². The smallest absolute Gasteiger partial charge is 0.130 e. The minimum Gasteiger partial charge on any atom is -0.207 e. The van der Waals surface area contributed by atoms with Crippen LogP contribution in [0.25, 0.3) is 11.1 Å². The highest BCUT2D eigenvalue weighted by atomic mass is 19.1. The van der Waals surface area contributed by atoms with Gasteiger partial charge in [-0.1, -0.05) is 17.6 Å². The Morgan fingerprint density at radius 2 is 1.44 bits per heavy atom. The summed E-state index contributed by atoms with van der Waals surface area (Å²) in [6, 6.07) is 6.84. The van der Waals surface area contributed by atoms with Crippen molar-refractivity contribution in [3.63, 3.8) is 0 Å². The summed E-state index contributed by atoms with van der Waals surface area (Å²) in [5.74, 6) is -2.09. The lowest BCUT2D eigenvalue weighted by molar-refractivity contribution is 0.583. The first-order valence-electron chi connectivity index (χ1n) is 4.58. The molecule has 2 aromatic rings. The predicted molar refractivity (Wildman–Crippen MR) is 57.1 cm³/mol. The first kappa shape index (κ1) is 10.8. The zero-order valence-corrected chi connectivity index (χ0v) is 8.18. The lowest BCUT2D eigenvalue weighted by atomic mass is 9.93. The quantitative estimate of drug-likeness (QED) is 0.645. The highest BCUT2D eigenvalue weighted by molar-refractivity contribution is 6.32. The Hall–Kier alpha value is -1.71. The Bertz CT molecular complexity index is 518. The third-order valence-electron chi connectivity index (χ3n) is 2.17. The van der Waals surface area contributed by atoms with Gasteiger partial charge in [-0.05, 0) is 23.8 Å². The van der Waals surface area contributed by atoms with E-state index in [0.717, 1.165) is 24.3 Å². The highest BCUT2D eigenvalue weighted by Crippen LogP contribution is 2.23. The lowest BCUT2D eigenvalue weighted by Gasteiger charge is -2.05. The maximum Gasteiger partial charge on any atom is 0.130 e. The van der Waals surface area contributed by atoms with E-state index >= 15 is 0 Å². The minimum atomic E-state index is -0.744. The Labute approximate surface area is 92.1 Å². The summed E-state index contributed by atoms with van der Waals surface area (Å²) in [5.41, 5.74) is 0.528. The largest absolute Gasteiger partial charge is 0.207 e. The van der Waals surface area contributed by atoms with Gasteiger partial charge in [-0.15, -0.1) is 0 Å². The fourth-order valence-electron chi connectivity index (χ4n) is 1.47. The molecule has 0 aliphatic rings. The molecule has 0 fully saturated rings. The number of hydrogen-bond donors (Lipinski definition) is 0. The van der Waals surface area contributed by atoms with Crippen LogP contribution >= 0.6 is 0 Å². The first-order valence-corrected chi connectivity index (χ1v) is 4.58. The standard InChI is InChI=1S/C12H6BF3/c13-8-1-2-11(12(16)5-8)7-3-9(14)6-10(15)4-7/h1-6H. The van der Waals surface area contributed by atoms with Crippen LogP contribution in [0.2, 0.25) is 0 Å². The molecule has 0 spiro atoms. The van der Waals surface area contributed by atoms with Crippen LogP contribution in [0.1, 0.15) is 0 Å². The van der Waals surface area contributed by atoms with Crippen molar-refractivity contribution in [3.05, 3.63) is 53.8 Å².